The van der Waals surface area contributed by atoms with E-state index in [1.807, 2.05) is 13.8 Å². The Labute approximate surface area is 120 Å². The third-order valence-electron chi connectivity index (χ3n) is 2.77. The Morgan fingerprint density at radius 3 is 2.35 bits per heavy atom. The number of rotatable bonds is 4. The van der Waals surface area contributed by atoms with Gasteiger partial charge in [-0.2, -0.15) is 0 Å². The van der Waals surface area contributed by atoms with Gasteiger partial charge in [0, 0.05) is 5.56 Å². The summed E-state index contributed by atoms with van der Waals surface area (Å²) in [6.07, 6.45) is -0.00206. The van der Waals surface area contributed by atoms with Crippen molar-refractivity contribution in [2.24, 2.45) is 0 Å². The highest BCUT2D eigenvalue weighted by Gasteiger charge is 2.20. The van der Waals surface area contributed by atoms with E-state index in [9.17, 15) is 9.18 Å². The molecule has 0 aliphatic heterocycles. The molecule has 0 atom stereocenters. The smallest absolute Gasteiger partial charge is 0.310 e. The van der Waals surface area contributed by atoms with Crippen LogP contribution in [0.1, 0.15) is 51.7 Å². The first-order valence-electron chi connectivity index (χ1n) is 6.72. The van der Waals surface area contributed by atoms with Gasteiger partial charge in [-0.1, -0.05) is 19.9 Å². The molecular formula is C16H23FO3. The van der Waals surface area contributed by atoms with Crippen LogP contribution in [0.15, 0.2) is 12.1 Å². The lowest BCUT2D eigenvalue weighted by molar-refractivity contribution is -0.153. The lowest BCUT2D eigenvalue weighted by Crippen LogP contribution is -2.25. The van der Waals surface area contributed by atoms with Gasteiger partial charge in [-0.3, -0.25) is 4.79 Å². The Kier molecular flexibility index (Phi) is 5.15. The summed E-state index contributed by atoms with van der Waals surface area (Å²) in [6.45, 7) is 9.34. The topological polar surface area (TPSA) is 35.5 Å². The number of hydrogen-bond donors (Lipinski definition) is 0. The molecule has 4 heteroatoms. The van der Waals surface area contributed by atoms with Crippen molar-refractivity contribution < 1.29 is 18.7 Å². The van der Waals surface area contributed by atoms with Gasteiger partial charge in [-0.05, 0) is 38.3 Å². The van der Waals surface area contributed by atoms with Gasteiger partial charge in [-0.15, -0.1) is 0 Å². The number of ether oxygens (including phenoxy) is 2. The van der Waals surface area contributed by atoms with Crippen molar-refractivity contribution in [1.82, 2.24) is 0 Å². The molecule has 3 nitrogen and oxygen atoms in total. The SMILES string of the molecule is COc1c(F)cc(C(C)C)cc1CC(=O)OC(C)(C)C. The standard InChI is InChI=1S/C16H23FO3/c1-10(2)11-7-12(15(19-6)13(17)8-11)9-14(18)20-16(3,4)5/h7-8,10H,9H2,1-6H3. The van der Waals surface area contributed by atoms with Gasteiger partial charge in [0.15, 0.2) is 11.6 Å². The Morgan fingerprint density at radius 2 is 1.90 bits per heavy atom. The van der Waals surface area contributed by atoms with Crippen molar-refractivity contribution in [3.63, 3.8) is 0 Å². The molecule has 0 unspecified atom stereocenters. The minimum atomic E-state index is -0.557. The van der Waals surface area contributed by atoms with Gasteiger partial charge in [0.1, 0.15) is 5.60 Å². The first-order valence-corrected chi connectivity index (χ1v) is 6.72. The second-order valence-corrected chi connectivity index (χ2v) is 6.11. The molecule has 0 saturated carbocycles. The molecular weight excluding hydrogens is 259 g/mol. The fraction of sp³-hybridized carbons (Fsp3) is 0.562. The van der Waals surface area contributed by atoms with Crippen molar-refractivity contribution in [3.05, 3.63) is 29.1 Å². The van der Waals surface area contributed by atoms with E-state index in [4.69, 9.17) is 9.47 Å². The normalized spacial score (nSPS) is 11.6. The largest absolute Gasteiger partial charge is 0.493 e. The van der Waals surface area contributed by atoms with Crippen molar-refractivity contribution in [2.45, 2.75) is 52.6 Å². The highest BCUT2D eigenvalue weighted by Crippen LogP contribution is 2.28. The predicted octanol–water partition coefficient (Wildman–Crippen LogP) is 3.84. The highest BCUT2D eigenvalue weighted by molar-refractivity contribution is 5.74. The molecule has 0 aromatic heterocycles. The first kappa shape index (κ1) is 16.5. The van der Waals surface area contributed by atoms with Crippen LogP contribution in [0, 0.1) is 5.82 Å². The van der Waals surface area contributed by atoms with Crippen LogP contribution in [-0.2, 0) is 16.0 Å². The molecule has 0 bridgehead atoms. The fourth-order valence-corrected chi connectivity index (χ4v) is 1.90. The average Bonchev–Trinajstić information content (AvgIpc) is 2.25. The van der Waals surface area contributed by atoms with Gasteiger partial charge in [0.25, 0.3) is 0 Å². The van der Waals surface area contributed by atoms with Crippen LogP contribution < -0.4 is 4.74 Å². The van der Waals surface area contributed by atoms with Crippen molar-refractivity contribution in [1.29, 1.82) is 0 Å². The van der Waals surface area contributed by atoms with Crippen LogP contribution in [0.2, 0.25) is 0 Å². The summed E-state index contributed by atoms with van der Waals surface area (Å²) < 4.78 is 24.3. The molecule has 1 rings (SSSR count). The lowest BCUT2D eigenvalue weighted by Gasteiger charge is -2.20. The van der Waals surface area contributed by atoms with Crippen LogP contribution >= 0.6 is 0 Å². The predicted molar refractivity (Wildman–Crippen MR) is 76.6 cm³/mol. The second-order valence-electron chi connectivity index (χ2n) is 6.11. The van der Waals surface area contributed by atoms with Crippen LogP contribution in [-0.4, -0.2) is 18.7 Å². The van der Waals surface area contributed by atoms with Gasteiger partial charge >= 0.3 is 5.97 Å². The molecule has 0 saturated heterocycles. The maximum atomic E-state index is 14.0. The molecule has 0 radical (unpaired) electrons. The average molecular weight is 282 g/mol. The monoisotopic (exact) mass is 282 g/mol. The van der Waals surface area contributed by atoms with E-state index in [1.165, 1.54) is 13.2 Å². The number of carbonyl (C=O) groups is 1. The van der Waals surface area contributed by atoms with Crippen molar-refractivity contribution in [2.75, 3.05) is 7.11 Å². The van der Waals surface area contributed by atoms with Gasteiger partial charge in [0.2, 0.25) is 0 Å². The molecule has 0 aliphatic rings. The summed E-state index contributed by atoms with van der Waals surface area (Å²) in [5.74, 6) is -0.554. The maximum Gasteiger partial charge on any atom is 0.310 e. The summed E-state index contributed by atoms with van der Waals surface area (Å²) in [5.41, 5.74) is 0.797. The summed E-state index contributed by atoms with van der Waals surface area (Å²) in [6, 6.07) is 3.25. The van der Waals surface area contributed by atoms with Gasteiger partial charge in [-0.25, -0.2) is 4.39 Å². The molecule has 0 spiro atoms. The third-order valence-corrected chi connectivity index (χ3v) is 2.77. The van der Waals surface area contributed by atoms with Crippen LogP contribution in [0.4, 0.5) is 4.39 Å². The Bertz CT molecular complexity index is 487. The molecule has 20 heavy (non-hydrogen) atoms. The molecule has 0 heterocycles. The number of benzene rings is 1. The third kappa shape index (κ3) is 4.51. The van der Waals surface area contributed by atoms with Crippen LogP contribution in [0.3, 0.4) is 0 Å². The van der Waals surface area contributed by atoms with Crippen molar-refractivity contribution in [3.8, 4) is 5.75 Å². The van der Waals surface area contributed by atoms with E-state index in [1.54, 1.807) is 26.8 Å². The molecule has 1 aromatic rings. The first-order chi connectivity index (χ1) is 9.14. The zero-order valence-electron chi connectivity index (χ0n) is 13.0. The minimum Gasteiger partial charge on any atom is -0.493 e. The molecule has 0 N–H and O–H groups in total. The van der Waals surface area contributed by atoms with E-state index in [0.29, 0.717) is 5.56 Å². The van der Waals surface area contributed by atoms with Gasteiger partial charge in [0.05, 0.1) is 13.5 Å². The summed E-state index contributed by atoms with van der Waals surface area (Å²) in [7, 11) is 1.39. The minimum absolute atomic E-state index is 0.00206. The van der Waals surface area contributed by atoms with E-state index < -0.39 is 17.4 Å². The Hall–Kier alpha value is -1.58. The summed E-state index contributed by atoms with van der Waals surface area (Å²) >= 11 is 0. The summed E-state index contributed by atoms with van der Waals surface area (Å²) in [4.78, 5) is 11.9. The van der Waals surface area contributed by atoms with E-state index in [-0.39, 0.29) is 18.1 Å². The Balaban J connectivity index is 3.06. The fourth-order valence-electron chi connectivity index (χ4n) is 1.90. The van der Waals surface area contributed by atoms with Crippen LogP contribution in [0.25, 0.3) is 0 Å². The summed E-state index contributed by atoms with van der Waals surface area (Å²) in [5, 5.41) is 0. The quantitative estimate of drug-likeness (QED) is 0.787. The molecule has 0 aliphatic carbocycles. The second kappa shape index (κ2) is 6.25. The Morgan fingerprint density at radius 1 is 1.30 bits per heavy atom. The lowest BCUT2D eigenvalue weighted by atomic mass is 9.98. The molecule has 0 fully saturated rings. The van der Waals surface area contributed by atoms with Gasteiger partial charge < -0.3 is 9.47 Å². The number of halogens is 1. The van der Waals surface area contributed by atoms with E-state index >= 15 is 0 Å². The van der Waals surface area contributed by atoms with Crippen LogP contribution in [0.5, 0.6) is 5.75 Å². The number of esters is 1. The molecule has 1 aromatic carbocycles. The van der Waals surface area contributed by atoms with E-state index in [2.05, 4.69) is 0 Å². The maximum absolute atomic E-state index is 14.0. The zero-order valence-corrected chi connectivity index (χ0v) is 13.0. The number of carbonyl (C=O) groups excluding carboxylic acids is 1. The molecule has 0 amide bonds. The number of hydrogen-bond acceptors (Lipinski definition) is 3. The highest BCUT2D eigenvalue weighted by atomic mass is 19.1. The number of methoxy groups -OCH3 is 1. The molecule has 112 valence electrons. The van der Waals surface area contributed by atoms with E-state index in [0.717, 1.165) is 5.56 Å². The zero-order chi connectivity index (χ0) is 15.5. The van der Waals surface area contributed by atoms with Crippen molar-refractivity contribution >= 4 is 5.97 Å².